The number of aliphatic hydroxyl groups excluding tert-OH is 2. The zero-order chi connectivity index (χ0) is 20.4. The second-order valence-electron chi connectivity index (χ2n) is 6.04. The van der Waals surface area contributed by atoms with Gasteiger partial charge in [0.1, 0.15) is 19.3 Å². The van der Waals surface area contributed by atoms with Gasteiger partial charge < -0.3 is 24.8 Å². The van der Waals surface area contributed by atoms with Crippen LogP contribution in [0.3, 0.4) is 0 Å². The van der Waals surface area contributed by atoms with E-state index < -0.39 is 36.9 Å². The summed E-state index contributed by atoms with van der Waals surface area (Å²) in [4.78, 5) is 23.7. The highest BCUT2D eigenvalue weighted by Gasteiger charge is 2.35. The Balaban J connectivity index is 1.85. The second kappa shape index (κ2) is 10.4. The molecule has 2 rings (SSSR count). The van der Waals surface area contributed by atoms with Gasteiger partial charge in [-0.2, -0.15) is 0 Å². The number of carbonyl (C=O) groups is 2. The first-order chi connectivity index (χ1) is 13.5. The van der Waals surface area contributed by atoms with Gasteiger partial charge in [0.15, 0.2) is 5.60 Å². The molecule has 0 bridgehead atoms. The van der Waals surface area contributed by atoms with E-state index in [0.29, 0.717) is 5.56 Å². The smallest absolute Gasteiger partial charge is 0.338 e. The summed E-state index contributed by atoms with van der Waals surface area (Å²) in [5, 5.41) is 29.9. The van der Waals surface area contributed by atoms with Gasteiger partial charge in [0, 0.05) is 0 Å². The van der Waals surface area contributed by atoms with Crippen LogP contribution in [0.1, 0.15) is 20.7 Å². The van der Waals surface area contributed by atoms with Crippen LogP contribution in [0.25, 0.3) is 0 Å². The van der Waals surface area contributed by atoms with Crippen LogP contribution in [-0.4, -0.2) is 58.8 Å². The van der Waals surface area contributed by atoms with Crippen LogP contribution < -0.4 is 0 Å². The monoisotopic (exact) mass is 386 g/mol. The van der Waals surface area contributed by atoms with Crippen molar-refractivity contribution in [2.24, 2.45) is 0 Å². The van der Waals surface area contributed by atoms with Crippen molar-refractivity contribution in [3.63, 3.8) is 0 Å². The van der Waals surface area contributed by atoms with Gasteiger partial charge in [-0.15, -0.1) is 0 Å². The second-order valence-corrected chi connectivity index (χ2v) is 6.04. The quantitative estimate of drug-likeness (QED) is 0.440. The highest BCUT2D eigenvalue weighted by atomic mass is 16.5. The zero-order valence-electron chi connectivity index (χ0n) is 15.1. The van der Waals surface area contributed by atoms with E-state index in [1.54, 1.807) is 48.5 Å². The molecule has 0 fully saturated rings. The number of ether oxygens (including phenoxy) is 2. The van der Waals surface area contributed by atoms with Crippen LogP contribution in [0.15, 0.2) is 72.8 Å². The van der Waals surface area contributed by atoms with Crippen LogP contribution in [-0.2, 0) is 9.47 Å². The summed E-state index contributed by atoms with van der Waals surface area (Å²) in [7, 11) is 0. The molecule has 0 saturated heterocycles. The first-order valence-corrected chi connectivity index (χ1v) is 8.58. The van der Waals surface area contributed by atoms with Gasteiger partial charge in [-0.05, 0) is 30.3 Å². The first kappa shape index (κ1) is 21.3. The largest absolute Gasteiger partial charge is 0.459 e. The number of aliphatic hydroxyl groups is 3. The summed E-state index contributed by atoms with van der Waals surface area (Å²) in [5.74, 6) is -1.23. The van der Waals surface area contributed by atoms with Crippen LogP contribution in [0.2, 0.25) is 0 Å². The SMILES string of the molecule is O=C(OC/C=C\C(O)C(O)(CO)COC(=O)c1ccccc1)c1ccccc1. The average Bonchev–Trinajstić information content (AvgIpc) is 2.75. The molecule has 2 aromatic rings. The molecule has 0 aliphatic carbocycles. The number of rotatable bonds is 9. The van der Waals surface area contributed by atoms with Gasteiger partial charge in [-0.3, -0.25) is 0 Å². The number of hydrogen-bond acceptors (Lipinski definition) is 7. The van der Waals surface area contributed by atoms with Gasteiger partial charge in [0.2, 0.25) is 0 Å². The van der Waals surface area contributed by atoms with Crippen molar-refractivity contribution in [2.45, 2.75) is 11.7 Å². The van der Waals surface area contributed by atoms with Crippen molar-refractivity contribution in [1.29, 1.82) is 0 Å². The molecule has 0 radical (unpaired) electrons. The van der Waals surface area contributed by atoms with E-state index in [4.69, 9.17) is 9.47 Å². The molecule has 0 spiro atoms. The Labute approximate surface area is 162 Å². The summed E-state index contributed by atoms with van der Waals surface area (Å²) < 4.78 is 9.99. The molecule has 0 saturated carbocycles. The maximum absolute atomic E-state index is 11.9. The molecule has 0 aliphatic heterocycles. The fraction of sp³-hybridized carbons (Fsp3) is 0.238. The summed E-state index contributed by atoms with van der Waals surface area (Å²) in [6, 6.07) is 16.5. The van der Waals surface area contributed by atoms with Crippen molar-refractivity contribution >= 4 is 11.9 Å². The van der Waals surface area contributed by atoms with Crippen molar-refractivity contribution in [3.05, 3.63) is 83.9 Å². The number of benzene rings is 2. The molecule has 0 aromatic heterocycles. The Morgan fingerprint density at radius 3 is 1.93 bits per heavy atom. The Bertz CT molecular complexity index is 789. The van der Waals surface area contributed by atoms with Crippen molar-refractivity contribution in [3.8, 4) is 0 Å². The highest BCUT2D eigenvalue weighted by Crippen LogP contribution is 2.14. The maximum atomic E-state index is 11.9. The van der Waals surface area contributed by atoms with Gasteiger partial charge in [0.25, 0.3) is 0 Å². The minimum absolute atomic E-state index is 0.143. The third-order valence-corrected chi connectivity index (χ3v) is 3.93. The summed E-state index contributed by atoms with van der Waals surface area (Å²) in [6.45, 7) is -1.60. The summed E-state index contributed by atoms with van der Waals surface area (Å²) >= 11 is 0. The molecule has 148 valence electrons. The molecule has 2 unspecified atom stereocenters. The lowest BCUT2D eigenvalue weighted by Gasteiger charge is -2.28. The van der Waals surface area contributed by atoms with Crippen LogP contribution in [0.5, 0.6) is 0 Å². The van der Waals surface area contributed by atoms with E-state index in [0.717, 1.165) is 6.08 Å². The summed E-state index contributed by atoms with van der Waals surface area (Å²) in [5.41, 5.74) is -1.43. The zero-order valence-corrected chi connectivity index (χ0v) is 15.1. The van der Waals surface area contributed by atoms with Crippen molar-refractivity contribution in [1.82, 2.24) is 0 Å². The molecule has 2 atom stereocenters. The van der Waals surface area contributed by atoms with E-state index in [-0.39, 0.29) is 12.2 Å². The lowest BCUT2D eigenvalue weighted by atomic mass is 9.98. The Hall–Kier alpha value is -3.00. The van der Waals surface area contributed by atoms with Crippen LogP contribution in [0, 0.1) is 0 Å². The molecular weight excluding hydrogens is 364 g/mol. The van der Waals surface area contributed by atoms with Crippen LogP contribution >= 0.6 is 0 Å². The van der Waals surface area contributed by atoms with Gasteiger partial charge in [-0.1, -0.05) is 42.5 Å². The molecule has 0 heterocycles. The lowest BCUT2D eigenvalue weighted by Crippen LogP contribution is -2.49. The van der Waals surface area contributed by atoms with Gasteiger partial charge in [-0.25, -0.2) is 9.59 Å². The maximum Gasteiger partial charge on any atom is 0.338 e. The molecule has 7 nitrogen and oxygen atoms in total. The highest BCUT2D eigenvalue weighted by molar-refractivity contribution is 5.89. The molecule has 28 heavy (non-hydrogen) atoms. The van der Waals surface area contributed by atoms with E-state index in [9.17, 15) is 24.9 Å². The molecule has 7 heteroatoms. The average molecular weight is 386 g/mol. The van der Waals surface area contributed by atoms with E-state index in [2.05, 4.69) is 0 Å². The number of hydrogen-bond donors (Lipinski definition) is 3. The lowest BCUT2D eigenvalue weighted by molar-refractivity contribution is -0.117. The van der Waals surface area contributed by atoms with Gasteiger partial charge >= 0.3 is 11.9 Å². The normalized spacial score (nSPS) is 14.2. The molecule has 2 aromatic carbocycles. The summed E-state index contributed by atoms with van der Waals surface area (Å²) in [6.07, 6.45) is 0.937. The van der Waals surface area contributed by atoms with E-state index in [1.165, 1.54) is 18.2 Å². The number of carbonyl (C=O) groups excluding carboxylic acids is 2. The standard InChI is InChI=1S/C21H22O7/c22-14-21(26,15-28-20(25)17-10-5-2-6-11-17)18(23)12-7-13-27-19(24)16-8-3-1-4-9-16/h1-12,18,22-23,26H,13-15H2/b12-7-. The predicted molar refractivity (Wildman–Crippen MR) is 101 cm³/mol. The predicted octanol–water partition coefficient (Wildman–Crippen LogP) is 1.34. The Morgan fingerprint density at radius 1 is 0.929 bits per heavy atom. The van der Waals surface area contributed by atoms with Gasteiger partial charge in [0.05, 0.1) is 17.7 Å². The topological polar surface area (TPSA) is 113 Å². The Kier molecular flexibility index (Phi) is 7.88. The third kappa shape index (κ3) is 6.02. The minimum atomic E-state index is -2.09. The molecule has 3 N–H and O–H groups in total. The number of esters is 2. The third-order valence-electron chi connectivity index (χ3n) is 3.93. The minimum Gasteiger partial charge on any atom is -0.459 e. The first-order valence-electron chi connectivity index (χ1n) is 8.58. The van der Waals surface area contributed by atoms with Crippen molar-refractivity contribution in [2.75, 3.05) is 19.8 Å². The molecule has 0 amide bonds. The molecular formula is C21H22O7. The Morgan fingerprint density at radius 2 is 1.43 bits per heavy atom. The molecule has 0 aliphatic rings. The fourth-order valence-corrected chi connectivity index (χ4v) is 2.22. The van der Waals surface area contributed by atoms with E-state index in [1.807, 2.05) is 0 Å². The fourth-order valence-electron chi connectivity index (χ4n) is 2.22. The van der Waals surface area contributed by atoms with Crippen molar-refractivity contribution < 1.29 is 34.4 Å². The van der Waals surface area contributed by atoms with E-state index >= 15 is 0 Å². The van der Waals surface area contributed by atoms with Crippen LogP contribution in [0.4, 0.5) is 0 Å².